The number of nitrogens with zero attached hydrogens (tertiary/aromatic N) is 4. The molecule has 0 aliphatic carbocycles. The molecular formula is C21H23ClN4O3. The number of fused-ring (bicyclic) bond motifs is 1. The summed E-state index contributed by atoms with van der Waals surface area (Å²) in [5.74, 6) is 0.107. The molecule has 1 N–H and O–H groups in total. The average Bonchev–Trinajstić information content (AvgIpc) is 3.12. The molecule has 4 rings (SSSR count). The van der Waals surface area contributed by atoms with E-state index in [0.29, 0.717) is 49.7 Å². The monoisotopic (exact) mass is 414 g/mol. The van der Waals surface area contributed by atoms with E-state index in [-0.39, 0.29) is 11.8 Å². The maximum absolute atomic E-state index is 13.0. The van der Waals surface area contributed by atoms with Gasteiger partial charge in [0.1, 0.15) is 5.56 Å². The second-order valence-electron chi connectivity index (χ2n) is 7.33. The maximum Gasteiger partial charge on any atom is 0.259 e. The second-order valence-corrected chi connectivity index (χ2v) is 7.77. The van der Waals surface area contributed by atoms with Crippen molar-refractivity contribution in [1.29, 1.82) is 0 Å². The van der Waals surface area contributed by atoms with Crippen molar-refractivity contribution in [3.05, 3.63) is 53.6 Å². The Morgan fingerprint density at radius 1 is 1.31 bits per heavy atom. The highest BCUT2D eigenvalue weighted by molar-refractivity contribution is 6.30. The normalized spacial score (nSPS) is 16.2. The Balaban J connectivity index is 1.46. The molecule has 1 fully saturated rings. The molecule has 1 amide bonds. The molecule has 0 radical (unpaired) electrons. The molecule has 8 heteroatoms. The van der Waals surface area contributed by atoms with Crippen LogP contribution < -0.4 is 4.74 Å². The van der Waals surface area contributed by atoms with Crippen LogP contribution in [0.5, 0.6) is 5.88 Å². The van der Waals surface area contributed by atoms with Gasteiger partial charge in [0.2, 0.25) is 5.88 Å². The van der Waals surface area contributed by atoms with Crippen LogP contribution in [-0.2, 0) is 6.54 Å². The third-order valence-corrected chi connectivity index (χ3v) is 5.56. The fraction of sp³-hybridized carbons (Fsp3) is 0.381. The number of hydrogen-bond acceptors (Lipinski definition) is 5. The van der Waals surface area contributed by atoms with Crippen LogP contribution in [0.2, 0.25) is 5.02 Å². The first kappa shape index (κ1) is 19.7. The predicted octanol–water partition coefficient (Wildman–Crippen LogP) is 3.15. The maximum atomic E-state index is 13.0. The molecule has 1 aliphatic rings. The van der Waals surface area contributed by atoms with E-state index in [2.05, 4.69) is 9.97 Å². The van der Waals surface area contributed by atoms with Crippen LogP contribution in [0.25, 0.3) is 10.9 Å². The number of ether oxygens (including phenoxy) is 1. The van der Waals surface area contributed by atoms with Gasteiger partial charge in [-0.25, -0.2) is 4.98 Å². The summed E-state index contributed by atoms with van der Waals surface area (Å²) in [6.45, 7) is 3.61. The van der Waals surface area contributed by atoms with Crippen molar-refractivity contribution in [2.24, 2.45) is 0 Å². The number of amides is 1. The van der Waals surface area contributed by atoms with Gasteiger partial charge in [0.15, 0.2) is 0 Å². The summed E-state index contributed by atoms with van der Waals surface area (Å²) in [6, 6.07) is 5.55. The molecule has 1 aliphatic heterocycles. The van der Waals surface area contributed by atoms with Gasteiger partial charge >= 0.3 is 0 Å². The van der Waals surface area contributed by atoms with Gasteiger partial charge in [-0.1, -0.05) is 11.6 Å². The minimum absolute atomic E-state index is 0.180. The van der Waals surface area contributed by atoms with E-state index >= 15 is 0 Å². The van der Waals surface area contributed by atoms with Gasteiger partial charge in [-0.05, 0) is 38.0 Å². The summed E-state index contributed by atoms with van der Waals surface area (Å²) in [7, 11) is 0. The van der Waals surface area contributed by atoms with E-state index in [1.807, 2.05) is 29.8 Å². The lowest BCUT2D eigenvalue weighted by atomic mass is 9.91. The average molecular weight is 415 g/mol. The zero-order chi connectivity index (χ0) is 20.4. The van der Waals surface area contributed by atoms with Crippen molar-refractivity contribution in [3.63, 3.8) is 0 Å². The number of hydrogen-bond donors (Lipinski definition) is 1. The summed E-state index contributed by atoms with van der Waals surface area (Å²) < 4.78 is 7.50. The molecule has 3 aromatic heterocycles. The predicted molar refractivity (Wildman–Crippen MR) is 110 cm³/mol. The molecule has 0 spiro atoms. The number of aliphatic hydroxyl groups is 1. The largest absolute Gasteiger partial charge is 0.477 e. The lowest BCUT2D eigenvalue weighted by molar-refractivity contribution is -0.0284. The smallest absolute Gasteiger partial charge is 0.259 e. The van der Waals surface area contributed by atoms with Gasteiger partial charge in [-0.3, -0.25) is 9.78 Å². The molecule has 0 aromatic carbocycles. The molecule has 0 unspecified atom stereocenters. The van der Waals surface area contributed by atoms with Crippen LogP contribution in [0, 0.1) is 0 Å². The first-order valence-corrected chi connectivity index (χ1v) is 10.1. The summed E-state index contributed by atoms with van der Waals surface area (Å²) in [5, 5.41) is 12.6. The number of rotatable bonds is 5. The second kappa shape index (κ2) is 8.00. The van der Waals surface area contributed by atoms with Crippen LogP contribution in [0.1, 0.15) is 30.1 Å². The molecule has 1 saturated heterocycles. The molecule has 0 saturated carbocycles. The van der Waals surface area contributed by atoms with E-state index < -0.39 is 5.60 Å². The number of halogens is 1. The molecule has 0 bridgehead atoms. The standard InChI is InChI=1S/C21H23ClN4O3/c1-2-29-19-17(11-16(22)12-24-19)20(27)25-9-5-21(28,6-10-25)14-26-8-4-15-3-7-23-13-18(15)26/h3-4,7-8,11-13,28H,2,5-6,9-10,14H2,1H3. The van der Waals surface area contributed by atoms with Crippen LogP contribution in [0.15, 0.2) is 43.0 Å². The summed E-state index contributed by atoms with van der Waals surface area (Å²) in [4.78, 5) is 23.0. The van der Waals surface area contributed by atoms with E-state index in [4.69, 9.17) is 16.3 Å². The molecule has 3 aromatic rings. The van der Waals surface area contributed by atoms with E-state index in [1.54, 1.807) is 23.4 Å². The van der Waals surface area contributed by atoms with Gasteiger partial charge < -0.3 is 19.3 Å². The number of pyridine rings is 2. The zero-order valence-corrected chi connectivity index (χ0v) is 17.0. The number of aromatic nitrogens is 3. The van der Waals surface area contributed by atoms with Crippen molar-refractivity contribution in [3.8, 4) is 5.88 Å². The first-order chi connectivity index (χ1) is 14.0. The van der Waals surface area contributed by atoms with E-state index in [9.17, 15) is 9.90 Å². The Morgan fingerprint density at radius 3 is 2.86 bits per heavy atom. The Labute approximate surface area is 173 Å². The number of piperidine rings is 1. The van der Waals surface area contributed by atoms with Crippen LogP contribution in [0.4, 0.5) is 0 Å². The van der Waals surface area contributed by atoms with Crippen LogP contribution in [0.3, 0.4) is 0 Å². The number of carbonyl (C=O) groups excluding carboxylic acids is 1. The summed E-state index contributed by atoms with van der Waals surface area (Å²) in [5.41, 5.74) is 0.464. The topological polar surface area (TPSA) is 80.5 Å². The van der Waals surface area contributed by atoms with E-state index in [1.165, 1.54) is 6.20 Å². The third kappa shape index (κ3) is 4.06. The van der Waals surface area contributed by atoms with Gasteiger partial charge in [-0.15, -0.1) is 0 Å². The fourth-order valence-electron chi connectivity index (χ4n) is 3.77. The van der Waals surface area contributed by atoms with Crippen LogP contribution >= 0.6 is 11.6 Å². The Bertz CT molecular complexity index is 1030. The van der Waals surface area contributed by atoms with E-state index in [0.717, 1.165) is 10.9 Å². The fourth-order valence-corrected chi connectivity index (χ4v) is 3.93. The molecular weight excluding hydrogens is 392 g/mol. The first-order valence-electron chi connectivity index (χ1n) is 9.68. The Hall–Kier alpha value is -2.64. The lowest BCUT2D eigenvalue weighted by Crippen LogP contribution is -2.48. The highest BCUT2D eigenvalue weighted by atomic mass is 35.5. The highest BCUT2D eigenvalue weighted by Gasteiger charge is 2.35. The summed E-state index contributed by atoms with van der Waals surface area (Å²) >= 11 is 6.04. The Morgan fingerprint density at radius 2 is 2.10 bits per heavy atom. The highest BCUT2D eigenvalue weighted by Crippen LogP contribution is 2.29. The van der Waals surface area contributed by atoms with Crippen molar-refractivity contribution in [2.75, 3.05) is 19.7 Å². The molecule has 0 atom stereocenters. The van der Waals surface area contributed by atoms with Gasteiger partial charge in [-0.2, -0.15) is 0 Å². The number of carbonyl (C=O) groups is 1. The minimum Gasteiger partial charge on any atom is -0.477 e. The summed E-state index contributed by atoms with van der Waals surface area (Å²) in [6.07, 6.45) is 7.96. The van der Waals surface area contributed by atoms with Crippen LogP contribution in [-0.4, -0.2) is 55.7 Å². The minimum atomic E-state index is -0.881. The third-order valence-electron chi connectivity index (χ3n) is 5.35. The SMILES string of the molecule is CCOc1ncc(Cl)cc1C(=O)N1CCC(O)(Cn2ccc3ccncc32)CC1. The molecule has 29 heavy (non-hydrogen) atoms. The van der Waals surface area contributed by atoms with Crippen molar-refractivity contribution < 1.29 is 14.6 Å². The van der Waals surface area contributed by atoms with Gasteiger partial charge in [0, 0.05) is 37.1 Å². The van der Waals surface area contributed by atoms with Crippen molar-refractivity contribution >= 4 is 28.4 Å². The quantitative estimate of drug-likeness (QED) is 0.693. The molecule has 7 nitrogen and oxygen atoms in total. The van der Waals surface area contributed by atoms with Gasteiger partial charge in [0.05, 0.1) is 35.5 Å². The van der Waals surface area contributed by atoms with Crippen molar-refractivity contribution in [1.82, 2.24) is 19.4 Å². The molecule has 4 heterocycles. The van der Waals surface area contributed by atoms with Crippen molar-refractivity contribution in [2.45, 2.75) is 31.9 Å². The van der Waals surface area contributed by atoms with Gasteiger partial charge in [0.25, 0.3) is 5.91 Å². The number of likely N-dealkylation sites (tertiary alicyclic amines) is 1. The Kier molecular flexibility index (Phi) is 5.43. The zero-order valence-electron chi connectivity index (χ0n) is 16.2. The molecule has 152 valence electrons. The lowest BCUT2D eigenvalue weighted by Gasteiger charge is -2.38.